The monoisotopic (exact) mass is 305 g/mol. The van der Waals surface area contributed by atoms with E-state index >= 15 is 0 Å². The van der Waals surface area contributed by atoms with Crippen LogP contribution in [0, 0.1) is 18.2 Å². The fourth-order valence-corrected chi connectivity index (χ4v) is 3.15. The van der Waals surface area contributed by atoms with Gasteiger partial charge in [-0.3, -0.25) is 9.20 Å². The van der Waals surface area contributed by atoms with E-state index in [1.54, 1.807) is 13.0 Å². The number of carbonyl (C=O) groups is 1. The summed E-state index contributed by atoms with van der Waals surface area (Å²) in [5.74, 6) is -0.627. The zero-order valence-corrected chi connectivity index (χ0v) is 14.1. The molecule has 0 atom stereocenters. The summed E-state index contributed by atoms with van der Waals surface area (Å²) in [6.45, 7) is 12.2. The molecule has 4 nitrogen and oxygen atoms in total. The average molecular weight is 305 g/mol. The molecule has 0 fully saturated rings. The molecule has 1 N–H and O–H groups in total. The Labute approximate surface area is 130 Å². The largest absolute Gasteiger partial charge is 0.346 e. The molecule has 22 heavy (non-hydrogen) atoms. The second-order valence-electron chi connectivity index (χ2n) is 7.70. The van der Waals surface area contributed by atoms with Crippen LogP contribution in [0.15, 0.2) is 18.3 Å². The summed E-state index contributed by atoms with van der Waals surface area (Å²) in [5, 5.41) is 3.05. The second-order valence-corrected chi connectivity index (χ2v) is 7.70. The number of aromatic nitrogens is 2. The Kier molecular flexibility index (Phi) is 4.02. The third-order valence-corrected chi connectivity index (χ3v) is 3.40. The summed E-state index contributed by atoms with van der Waals surface area (Å²) in [4.78, 5) is 17.0. The standard InChI is InChI=1S/C17H24FN3O/c1-11-14(21-9-12(18)7-8-13(21)19-11)15(22)20-17(5,6)10-16(2,3)4/h7-9H,10H2,1-6H3,(H,20,22). The molecule has 2 aromatic rings. The van der Waals surface area contributed by atoms with Gasteiger partial charge in [0.1, 0.15) is 17.2 Å². The summed E-state index contributed by atoms with van der Waals surface area (Å²) in [6, 6.07) is 2.91. The minimum absolute atomic E-state index is 0.0947. The van der Waals surface area contributed by atoms with Crippen LogP contribution in [0.2, 0.25) is 0 Å². The second kappa shape index (κ2) is 5.38. The molecule has 1 amide bonds. The van der Waals surface area contributed by atoms with E-state index in [9.17, 15) is 9.18 Å². The Morgan fingerprint density at radius 3 is 2.50 bits per heavy atom. The number of rotatable bonds is 3. The highest BCUT2D eigenvalue weighted by Gasteiger charge is 2.29. The van der Waals surface area contributed by atoms with Crippen molar-refractivity contribution in [3.63, 3.8) is 0 Å². The minimum atomic E-state index is -0.395. The number of aryl methyl sites for hydroxylation is 1. The van der Waals surface area contributed by atoms with Crippen LogP contribution < -0.4 is 5.32 Å². The van der Waals surface area contributed by atoms with E-state index in [2.05, 4.69) is 31.1 Å². The molecule has 0 radical (unpaired) electrons. The molecule has 0 spiro atoms. The van der Waals surface area contributed by atoms with Gasteiger partial charge in [0.15, 0.2) is 0 Å². The summed E-state index contributed by atoms with van der Waals surface area (Å²) in [7, 11) is 0. The molecule has 5 heteroatoms. The molecular formula is C17H24FN3O. The van der Waals surface area contributed by atoms with Gasteiger partial charge in [-0.25, -0.2) is 9.37 Å². The molecule has 0 unspecified atom stereocenters. The van der Waals surface area contributed by atoms with Crippen molar-refractivity contribution in [2.24, 2.45) is 5.41 Å². The number of hydrogen-bond acceptors (Lipinski definition) is 2. The maximum absolute atomic E-state index is 13.5. The summed E-state index contributed by atoms with van der Waals surface area (Å²) in [6.07, 6.45) is 2.12. The van der Waals surface area contributed by atoms with Crippen LogP contribution >= 0.6 is 0 Å². The van der Waals surface area contributed by atoms with Crippen LogP contribution in [-0.2, 0) is 0 Å². The number of amides is 1. The Morgan fingerprint density at radius 1 is 1.27 bits per heavy atom. The summed E-state index contributed by atoms with van der Waals surface area (Å²) in [5.41, 5.74) is 1.28. The fraction of sp³-hybridized carbons (Fsp3) is 0.529. The molecule has 0 aliphatic rings. The Morgan fingerprint density at radius 2 is 1.91 bits per heavy atom. The van der Waals surface area contributed by atoms with Crippen molar-refractivity contribution in [2.75, 3.05) is 0 Å². The number of nitrogens with zero attached hydrogens (tertiary/aromatic N) is 2. The van der Waals surface area contributed by atoms with Crippen molar-refractivity contribution in [1.29, 1.82) is 0 Å². The maximum atomic E-state index is 13.5. The topological polar surface area (TPSA) is 46.4 Å². The van der Waals surface area contributed by atoms with Crippen molar-refractivity contribution in [1.82, 2.24) is 14.7 Å². The van der Waals surface area contributed by atoms with Crippen molar-refractivity contribution in [3.8, 4) is 0 Å². The normalized spacial score (nSPS) is 12.7. The molecule has 0 saturated carbocycles. The minimum Gasteiger partial charge on any atom is -0.346 e. The van der Waals surface area contributed by atoms with E-state index in [0.717, 1.165) is 6.42 Å². The predicted octanol–water partition coefficient (Wildman–Crippen LogP) is 3.73. The zero-order valence-electron chi connectivity index (χ0n) is 14.1. The van der Waals surface area contributed by atoms with E-state index in [-0.39, 0.29) is 16.9 Å². The van der Waals surface area contributed by atoms with Gasteiger partial charge < -0.3 is 5.32 Å². The van der Waals surface area contributed by atoms with Gasteiger partial charge in [0.25, 0.3) is 5.91 Å². The first-order valence-corrected chi connectivity index (χ1v) is 7.45. The lowest BCUT2D eigenvalue weighted by atomic mass is 9.82. The molecular weight excluding hydrogens is 281 g/mol. The summed E-state index contributed by atoms with van der Waals surface area (Å²) < 4.78 is 15.0. The van der Waals surface area contributed by atoms with Crippen LogP contribution in [-0.4, -0.2) is 20.8 Å². The molecule has 2 rings (SSSR count). The van der Waals surface area contributed by atoms with E-state index in [1.165, 1.54) is 16.7 Å². The number of imidazole rings is 1. The van der Waals surface area contributed by atoms with Crippen LogP contribution in [0.5, 0.6) is 0 Å². The van der Waals surface area contributed by atoms with Gasteiger partial charge in [-0.2, -0.15) is 0 Å². The quantitative estimate of drug-likeness (QED) is 0.939. The van der Waals surface area contributed by atoms with Crippen molar-refractivity contribution in [3.05, 3.63) is 35.5 Å². The molecule has 2 aromatic heterocycles. The molecule has 0 bridgehead atoms. The fourth-order valence-electron chi connectivity index (χ4n) is 3.15. The first-order chi connectivity index (χ1) is 9.98. The Balaban J connectivity index is 2.34. The Bertz CT molecular complexity index is 710. The molecule has 2 heterocycles. The average Bonchev–Trinajstić information content (AvgIpc) is 2.60. The molecule has 0 aliphatic carbocycles. The number of carbonyl (C=O) groups excluding carboxylic acids is 1. The molecule has 0 saturated heterocycles. The highest BCUT2D eigenvalue weighted by Crippen LogP contribution is 2.27. The highest BCUT2D eigenvalue weighted by atomic mass is 19.1. The lowest BCUT2D eigenvalue weighted by molar-refractivity contribution is 0.0884. The van der Waals surface area contributed by atoms with Crippen molar-refractivity contribution < 1.29 is 9.18 Å². The van der Waals surface area contributed by atoms with E-state index in [0.29, 0.717) is 17.0 Å². The molecule has 0 aromatic carbocycles. The van der Waals surface area contributed by atoms with Gasteiger partial charge in [-0.15, -0.1) is 0 Å². The molecule has 0 aliphatic heterocycles. The number of hydrogen-bond donors (Lipinski definition) is 1. The van der Waals surface area contributed by atoms with Gasteiger partial charge in [-0.1, -0.05) is 20.8 Å². The molecule has 120 valence electrons. The third kappa shape index (κ3) is 3.64. The van der Waals surface area contributed by atoms with Gasteiger partial charge in [-0.05, 0) is 44.7 Å². The van der Waals surface area contributed by atoms with E-state index in [4.69, 9.17) is 0 Å². The van der Waals surface area contributed by atoms with Gasteiger partial charge >= 0.3 is 0 Å². The Hall–Kier alpha value is -1.91. The van der Waals surface area contributed by atoms with Crippen LogP contribution in [0.4, 0.5) is 4.39 Å². The highest BCUT2D eigenvalue weighted by molar-refractivity contribution is 5.95. The number of pyridine rings is 1. The number of halogens is 1. The maximum Gasteiger partial charge on any atom is 0.270 e. The van der Waals surface area contributed by atoms with E-state index in [1.807, 2.05) is 13.8 Å². The van der Waals surface area contributed by atoms with Crippen LogP contribution in [0.25, 0.3) is 5.65 Å². The number of nitrogens with one attached hydrogen (secondary N) is 1. The predicted molar refractivity (Wildman–Crippen MR) is 85.5 cm³/mol. The lowest BCUT2D eigenvalue weighted by Gasteiger charge is -2.33. The van der Waals surface area contributed by atoms with Crippen molar-refractivity contribution >= 4 is 11.6 Å². The van der Waals surface area contributed by atoms with Gasteiger partial charge in [0, 0.05) is 11.7 Å². The zero-order chi connectivity index (χ0) is 16.7. The summed E-state index contributed by atoms with van der Waals surface area (Å²) >= 11 is 0. The van der Waals surface area contributed by atoms with Gasteiger partial charge in [0.2, 0.25) is 0 Å². The van der Waals surface area contributed by atoms with Crippen LogP contribution in [0.1, 0.15) is 57.2 Å². The number of fused-ring (bicyclic) bond motifs is 1. The smallest absolute Gasteiger partial charge is 0.270 e. The van der Waals surface area contributed by atoms with Crippen molar-refractivity contribution in [2.45, 2.75) is 53.5 Å². The first-order valence-electron chi connectivity index (χ1n) is 7.45. The van der Waals surface area contributed by atoms with Gasteiger partial charge in [0.05, 0.1) is 5.69 Å². The lowest BCUT2D eigenvalue weighted by Crippen LogP contribution is -2.46. The SMILES string of the molecule is Cc1nc2ccc(F)cn2c1C(=O)NC(C)(C)CC(C)(C)C. The van der Waals surface area contributed by atoms with Crippen LogP contribution in [0.3, 0.4) is 0 Å². The first kappa shape index (κ1) is 16.5. The third-order valence-electron chi connectivity index (χ3n) is 3.40. The van der Waals surface area contributed by atoms with E-state index < -0.39 is 5.82 Å².